The Kier molecular flexibility index (Phi) is 12.0. The smallest absolute Gasteiger partial charge is 0.408 e. The van der Waals surface area contributed by atoms with Gasteiger partial charge in [-0.25, -0.2) is 9.18 Å². The molecule has 13 heteroatoms. The molecule has 3 rings (SSSR count). The number of carbonyl (C=O) groups excluding carboxylic acids is 3. The second kappa shape index (κ2) is 15.6. The minimum Gasteiger partial charge on any atom is -0.505 e. The van der Waals surface area contributed by atoms with Crippen molar-refractivity contribution in [2.24, 2.45) is 5.11 Å². The van der Waals surface area contributed by atoms with Crippen LogP contribution in [0.1, 0.15) is 64.0 Å². The number of aliphatic hydroxyl groups is 1. The third-order valence-electron chi connectivity index (χ3n) is 6.85. The number of nitrogens with zero attached hydrogens (tertiary/aromatic N) is 4. The molecule has 0 heterocycles. The predicted octanol–water partition coefficient (Wildman–Crippen LogP) is 5.74. The Morgan fingerprint density at radius 2 is 1.73 bits per heavy atom. The first-order valence-electron chi connectivity index (χ1n) is 14.4. The van der Waals surface area contributed by atoms with E-state index in [4.69, 9.17) is 15.0 Å². The van der Waals surface area contributed by atoms with Crippen molar-refractivity contribution in [3.63, 3.8) is 0 Å². The van der Waals surface area contributed by atoms with E-state index in [9.17, 15) is 23.9 Å². The molecule has 236 valence electrons. The first-order valence-corrected chi connectivity index (χ1v) is 14.4. The number of methoxy groups -OCH3 is 1. The molecule has 0 aromatic heterocycles. The van der Waals surface area contributed by atoms with Gasteiger partial charge in [-0.15, -0.1) is 0 Å². The molecule has 0 bridgehead atoms. The lowest BCUT2D eigenvalue weighted by Crippen LogP contribution is -2.52. The highest BCUT2D eigenvalue weighted by molar-refractivity contribution is 6.04. The molecule has 2 aromatic carbocycles. The predicted molar refractivity (Wildman–Crippen MR) is 162 cm³/mol. The quantitative estimate of drug-likeness (QED) is 0.0964. The van der Waals surface area contributed by atoms with Gasteiger partial charge in [-0.05, 0) is 81.1 Å². The highest BCUT2D eigenvalue weighted by Crippen LogP contribution is 2.26. The van der Waals surface area contributed by atoms with Crippen LogP contribution in [0.4, 0.5) is 9.18 Å². The zero-order valence-electron chi connectivity index (χ0n) is 25.4. The highest BCUT2D eigenvalue weighted by atomic mass is 19.1. The summed E-state index contributed by atoms with van der Waals surface area (Å²) in [5.74, 6) is -2.18. The molecule has 3 amide bonds. The molecule has 1 fully saturated rings. The summed E-state index contributed by atoms with van der Waals surface area (Å²) in [4.78, 5) is 44.7. The second-order valence-corrected chi connectivity index (χ2v) is 11.4. The zero-order chi connectivity index (χ0) is 32.3. The van der Waals surface area contributed by atoms with Gasteiger partial charge in [-0.2, -0.15) is 0 Å². The van der Waals surface area contributed by atoms with E-state index in [2.05, 4.69) is 20.7 Å². The third-order valence-corrected chi connectivity index (χ3v) is 6.85. The van der Waals surface area contributed by atoms with Gasteiger partial charge in [0, 0.05) is 16.5 Å². The number of aliphatic hydroxyl groups excluding tert-OH is 1. The Morgan fingerprint density at radius 1 is 1.09 bits per heavy atom. The van der Waals surface area contributed by atoms with Crippen molar-refractivity contribution in [2.45, 2.75) is 77.1 Å². The van der Waals surface area contributed by atoms with Crippen molar-refractivity contribution < 1.29 is 33.4 Å². The monoisotopic (exact) mass is 610 g/mol. The highest BCUT2D eigenvalue weighted by Gasteiger charge is 2.35. The van der Waals surface area contributed by atoms with Crippen molar-refractivity contribution in [1.82, 2.24) is 15.5 Å². The van der Waals surface area contributed by atoms with Crippen LogP contribution in [0.15, 0.2) is 59.3 Å². The van der Waals surface area contributed by atoms with E-state index < -0.39 is 53.4 Å². The van der Waals surface area contributed by atoms with Crippen LogP contribution in [0, 0.1) is 5.82 Å². The van der Waals surface area contributed by atoms with Crippen LogP contribution < -0.4 is 15.4 Å². The van der Waals surface area contributed by atoms with Crippen LogP contribution in [0.25, 0.3) is 16.2 Å². The first-order chi connectivity index (χ1) is 20.9. The number of hydrogen-bond donors (Lipinski definition) is 3. The normalized spacial score (nSPS) is 14.8. The van der Waals surface area contributed by atoms with Crippen LogP contribution in [0.5, 0.6) is 5.75 Å². The molecule has 1 aliphatic rings. The summed E-state index contributed by atoms with van der Waals surface area (Å²) in [6.07, 6.45) is 3.36. The van der Waals surface area contributed by atoms with Gasteiger partial charge in [0.25, 0.3) is 5.91 Å². The molecule has 1 atom stereocenters. The van der Waals surface area contributed by atoms with E-state index >= 15 is 0 Å². The van der Waals surface area contributed by atoms with E-state index in [1.54, 1.807) is 45.0 Å². The Morgan fingerprint density at radius 3 is 2.30 bits per heavy atom. The molecule has 2 aromatic rings. The van der Waals surface area contributed by atoms with Crippen molar-refractivity contribution in [1.29, 1.82) is 0 Å². The van der Waals surface area contributed by atoms with Gasteiger partial charge in [0.1, 0.15) is 23.2 Å². The maximum absolute atomic E-state index is 14.3. The zero-order valence-corrected chi connectivity index (χ0v) is 25.4. The maximum atomic E-state index is 14.3. The molecular formula is C31H39FN6O6. The summed E-state index contributed by atoms with van der Waals surface area (Å²) in [7, 11) is 1.50. The number of alkyl carbamates (subject to hydrolysis) is 1. The summed E-state index contributed by atoms with van der Waals surface area (Å²) in [6.45, 7) is 4.19. The molecule has 0 radical (unpaired) electrons. The van der Waals surface area contributed by atoms with E-state index in [0.717, 1.165) is 49.1 Å². The Hall–Kier alpha value is -4.77. The Bertz CT molecular complexity index is 1380. The molecule has 1 aliphatic carbocycles. The van der Waals surface area contributed by atoms with Crippen molar-refractivity contribution in [2.75, 3.05) is 13.7 Å². The molecule has 12 nitrogen and oxygen atoms in total. The Balaban J connectivity index is 2.15. The number of carbonyl (C=O) groups is 3. The number of rotatable bonds is 11. The summed E-state index contributed by atoms with van der Waals surface area (Å²) in [5, 5.41) is 20.4. The largest absolute Gasteiger partial charge is 0.505 e. The molecule has 0 aliphatic heterocycles. The summed E-state index contributed by atoms with van der Waals surface area (Å²) in [5.41, 5.74) is 8.33. The average Bonchev–Trinajstić information content (AvgIpc) is 2.98. The first kappa shape index (κ1) is 33.7. The summed E-state index contributed by atoms with van der Waals surface area (Å²) in [6, 6.07) is 9.82. The molecule has 0 saturated heterocycles. The topological polar surface area (TPSA) is 166 Å². The Labute approximate surface area is 255 Å². The van der Waals surface area contributed by atoms with Gasteiger partial charge in [-0.1, -0.05) is 36.5 Å². The van der Waals surface area contributed by atoms with Gasteiger partial charge < -0.3 is 25.2 Å². The van der Waals surface area contributed by atoms with Crippen LogP contribution in [-0.4, -0.2) is 59.3 Å². The number of benzene rings is 2. The molecule has 0 unspecified atom stereocenters. The van der Waals surface area contributed by atoms with E-state index in [0.29, 0.717) is 11.3 Å². The van der Waals surface area contributed by atoms with Gasteiger partial charge >= 0.3 is 6.09 Å². The number of halogens is 1. The van der Waals surface area contributed by atoms with Gasteiger partial charge in [0.15, 0.2) is 11.5 Å². The third kappa shape index (κ3) is 9.91. The van der Waals surface area contributed by atoms with Gasteiger partial charge in [0.05, 0.1) is 20.2 Å². The number of nitrogens with one attached hydrogen (secondary N) is 2. The average molecular weight is 611 g/mol. The van der Waals surface area contributed by atoms with Crippen LogP contribution in [-0.2, 0) is 20.9 Å². The minimum absolute atomic E-state index is 0.0828. The summed E-state index contributed by atoms with van der Waals surface area (Å²) < 4.78 is 24.3. The van der Waals surface area contributed by atoms with Crippen LogP contribution in [0.2, 0.25) is 0 Å². The van der Waals surface area contributed by atoms with E-state index in [1.165, 1.54) is 19.2 Å². The fraction of sp³-hybridized carbons (Fsp3) is 0.452. The number of hydrogen-bond acceptors (Lipinski definition) is 7. The number of azide groups is 1. The molecule has 0 spiro atoms. The number of ether oxygens (including phenoxy) is 2. The molecule has 3 N–H and O–H groups in total. The van der Waals surface area contributed by atoms with E-state index in [-0.39, 0.29) is 18.2 Å². The standard InChI is InChI=1S/C31H39FN6O6/c1-31(2,3)44-30(42)36-25(18-34-37-33)29(41)38(19-20-10-16-24(43-4)17-11-20)26(27(39)21-12-14-22(32)15-13-21)28(40)35-23-8-6-5-7-9-23/h10-17,23,25,39H,5-9,18-19H2,1-4H3,(H,35,40)(H,36,42)/b27-26+/t25-/m0/s1. The van der Waals surface area contributed by atoms with Gasteiger partial charge in [-0.3, -0.25) is 14.5 Å². The molecule has 44 heavy (non-hydrogen) atoms. The van der Waals surface area contributed by atoms with Crippen LogP contribution in [0.3, 0.4) is 0 Å². The van der Waals surface area contributed by atoms with Crippen molar-refractivity contribution in [3.05, 3.63) is 81.6 Å². The second-order valence-electron chi connectivity index (χ2n) is 11.4. The van der Waals surface area contributed by atoms with E-state index in [1.807, 2.05) is 0 Å². The summed E-state index contributed by atoms with van der Waals surface area (Å²) >= 11 is 0. The SMILES string of the molecule is COc1ccc(CN(C(=O)[C@H](CN=[N+]=[N-])NC(=O)OC(C)(C)C)/C(C(=O)NC2CCCCC2)=C(/O)c2ccc(F)cc2)cc1. The maximum Gasteiger partial charge on any atom is 0.408 e. The van der Waals surface area contributed by atoms with Crippen molar-refractivity contribution in [3.8, 4) is 5.75 Å². The fourth-order valence-corrected chi connectivity index (χ4v) is 4.73. The van der Waals surface area contributed by atoms with Crippen LogP contribution >= 0.6 is 0 Å². The van der Waals surface area contributed by atoms with Crippen molar-refractivity contribution >= 4 is 23.7 Å². The lowest BCUT2D eigenvalue weighted by atomic mass is 9.95. The number of amides is 3. The molecular weight excluding hydrogens is 571 g/mol. The fourth-order valence-electron chi connectivity index (χ4n) is 4.73. The molecule has 1 saturated carbocycles. The lowest BCUT2D eigenvalue weighted by molar-refractivity contribution is -0.135. The lowest BCUT2D eigenvalue weighted by Gasteiger charge is -2.31. The minimum atomic E-state index is -1.47. The van der Waals surface area contributed by atoms with Gasteiger partial charge in [0.2, 0.25) is 5.91 Å².